The summed E-state index contributed by atoms with van der Waals surface area (Å²) in [4.78, 5) is 28.0. The van der Waals surface area contributed by atoms with Crippen molar-refractivity contribution in [3.8, 4) is 11.5 Å². The molecule has 2 aromatic carbocycles. The average molecular weight is 417 g/mol. The van der Waals surface area contributed by atoms with Crippen LogP contribution in [0.1, 0.15) is 0 Å². The van der Waals surface area contributed by atoms with Crippen molar-refractivity contribution in [1.82, 2.24) is 4.90 Å². The van der Waals surface area contributed by atoms with E-state index in [9.17, 15) is 9.59 Å². The number of hydrogen-bond donors (Lipinski definition) is 2. The molecule has 2 aliphatic rings. The molecule has 29 heavy (non-hydrogen) atoms. The topological polar surface area (TPSA) is 72.3 Å². The number of rotatable bonds is 4. The first kappa shape index (κ1) is 19.5. The van der Waals surface area contributed by atoms with E-state index < -0.39 is 6.10 Å². The maximum atomic E-state index is 12.8. The number of nitrogens with one attached hydrogen (secondary N) is 2. The van der Waals surface area contributed by atoms with E-state index in [4.69, 9.17) is 21.1 Å². The minimum atomic E-state index is -0.630. The molecule has 0 unspecified atom stereocenters. The van der Waals surface area contributed by atoms with E-state index in [0.29, 0.717) is 54.9 Å². The minimum Gasteiger partial charge on any atom is -0.485 e. The number of quaternary nitrogens is 1. The van der Waals surface area contributed by atoms with Crippen LogP contribution in [-0.2, 0) is 9.59 Å². The summed E-state index contributed by atoms with van der Waals surface area (Å²) in [6.07, 6.45) is -0.630. The van der Waals surface area contributed by atoms with Crippen LogP contribution in [0.5, 0.6) is 11.5 Å². The number of nitrogens with zero attached hydrogens (tertiary/aromatic N) is 1. The number of halogens is 1. The van der Waals surface area contributed by atoms with Crippen molar-refractivity contribution in [2.45, 2.75) is 6.10 Å². The lowest BCUT2D eigenvalue weighted by Crippen LogP contribution is -3.15. The molecule has 2 amide bonds. The van der Waals surface area contributed by atoms with Crippen molar-refractivity contribution in [2.75, 3.05) is 44.6 Å². The van der Waals surface area contributed by atoms with Gasteiger partial charge in [-0.2, -0.15) is 0 Å². The van der Waals surface area contributed by atoms with Crippen molar-refractivity contribution < 1.29 is 24.0 Å². The molecule has 8 heteroatoms. The number of ether oxygens (including phenoxy) is 2. The number of hydrogen-bond acceptors (Lipinski definition) is 4. The van der Waals surface area contributed by atoms with Gasteiger partial charge in [-0.3, -0.25) is 9.59 Å². The Balaban J connectivity index is 1.26. The number of amides is 2. The summed E-state index contributed by atoms with van der Waals surface area (Å²) in [5.74, 6) is 1.10. The van der Waals surface area contributed by atoms with Gasteiger partial charge in [0.2, 0.25) is 6.10 Å². The third-order valence-corrected chi connectivity index (χ3v) is 5.45. The van der Waals surface area contributed by atoms with Crippen molar-refractivity contribution >= 4 is 29.1 Å². The van der Waals surface area contributed by atoms with Gasteiger partial charge in [0, 0.05) is 0 Å². The van der Waals surface area contributed by atoms with E-state index in [1.807, 2.05) is 30.3 Å². The van der Waals surface area contributed by atoms with Crippen molar-refractivity contribution in [2.24, 2.45) is 0 Å². The predicted molar refractivity (Wildman–Crippen MR) is 109 cm³/mol. The molecule has 0 spiro atoms. The van der Waals surface area contributed by atoms with Crippen LogP contribution in [0, 0.1) is 0 Å². The lowest BCUT2D eigenvalue weighted by Gasteiger charge is -2.35. The molecule has 1 atom stereocenters. The Morgan fingerprint density at radius 3 is 2.52 bits per heavy atom. The molecule has 2 N–H and O–H groups in total. The second-order valence-corrected chi connectivity index (χ2v) is 7.55. The molecule has 1 saturated heterocycles. The first-order valence-corrected chi connectivity index (χ1v) is 10.0. The smallest absolute Gasteiger partial charge is 0.279 e. The molecule has 0 radical (unpaired) electrons. The molecule has 2 heterocycles. The van der Waals surface area contributed by atoms with E-state index in [2.05, 4.69) is 5.32 Å². The summed E-state index contributed by atoms with van der Waals surface area (Å²) in [5.41, 5.74) is 0.613. The predicted octanol–water partition coefficient (Wildman–Crippen LogP) is 0.846. The number of piperazine rings is 1. The summed E-state index contributed by atoms with van der Waals surface area (Å²) >= 11 is 6.08. The third-order valence-electron chi connectivity index (χ3n) is 5.12. The fourth-order valence-electron chi connectivity index (χ4n) is 3.55. The normalized spacial score (nSPS) is 18.9. The van der Waals surface area contributed by atoms with Gasteiger partial charge in [-0.05, 0) is 24.3 Å². The van der Waals surface area contributed by atoms with Crippen LogP contribution >= 0.6 is 11.6 Å². The number of carbonyl (C=O) groups excluding carboxylic acids is 2. The highest BCUT2D eigenvalue weighted by atomic mass is 35.5. The molecular formula is C21H23ClN3O4+. The third kappa shape index (κ3) is 4.63. The van der Waals surface area contributed by atoms with Gasteiger partial charge < -0.3 is 24.6 Å². The molecule has 7 nitrogen and oxygen atoms in total. The van der Waals surface area contributed by atoms with Gasteiger partial charge in [-0.25, -0.2) is 0 Å². The van der Waals surface area contributed by atoms with E-state index in [0.717, 1.165) is 4.90 Å². The van der Waals surface area contributed by atoms with Gasteiger partial charge in [0.15, 0.2) is 18.0 Å². The Kier molecular flexibility index (Phi) is 5.87. The highest BCUT2D eigenvalue weighted by Crippen LogP contribution is 2.31. The highest BCUT2D eigenvalue weighted by Gasteiger charge is 2.34. The first-order chi connectivity index (χ1) is 14.1. The molecule has 0 aromatic heterocycles. The quantitative estimate of drug-likeness (QED) is 0.775. The van der Waals surface area contributed by atoms with Crippen LogP contribution in [0.4, 0.5) is 5.69 Å². The Morgan fingerprint density at radius 1 is 1.07 bits per heavy atom. The molecule has 0 bridgehead atoms. The Bertz CT molecular complexity index is 899. The summed E-state index contributed by atoms with van der Waals surface area (Å²) in [7, 11) is 0. The molecule has 0 saturated carbocycles. The lowest BCUT2D eigenvalue weighted by atomic mass is 10.2. The van der Waals surface area contributed by atoms with Gasteiger partial charge in [-0.15, -0.1) is 0 Å². The van der Waals surface area contributed by atoms with Gasteiger partial charge in [0.05, 0.1) is 36.9 Å². The number of carbonyl (C=O) groups is 2. The molecule has 152 valence electrons. The van der Waals surface area contributed by atoms with Crippen LogP contribution in [0.2, 0.25) is 5.02 Å². The number of fused-ring (bicyclic) bond motifs is 1. The van der Waals surface area contributed by atoms with Crippen molar-refractivity contribution in [1.29, 1.82) is 0 Å². The molecule has 2 aliphatic heterocycles. The van der Waals surface area contributed by atoms with Gasteiger partial charge in [-0.1, -0.05) is 35.9 Å². The van der Waals surface area contributed by atoms with E-state index >= 15 is 0 Å². The first-order valence-electron chi connectivity index (χ1n) is 9.65. The number of para-hydroxylation sites is 3. The number of anilines is 1. The zero-order valence-electron chi connectivity index (χ0n) is 15.9. The average Bonchev–Trinajstić information content (AvgIpc) is 2.75. The fraction of sp³-hybridized carbons (Fsp3) is 0.333. The minimum absolute atomic E-state index is 0.0703. The summed E-state index contributed by atoms with van der Waals surface area (Å²) in [5, 5.41) is 3.36. The van der Waals surface area contributed by atoms with Crippen LogP contribution in [0.25, 0.3) is 0 Å². The van der Waals surface area contributed by atoms with Gasteiger partial charge in [0.25, 0.3) is 11.8 Å². The Morgan fingerprint density at radius 2 is 1.76 bits per heavy atom. The summed E-state index contributed by atoms with van der Waals surface area (Å²) in [6.45, 7) is 3.11. The Hall–Kier alpha value is -2.77. The fourth-order valence-corrected chi connectivity index (χ4v) is 3.73. The molecule has 4 rings (SSSR count). The summed E-state index contributed by atoms with van der Waals surface area (Å²) in [6, 6.07) is 14.5. The second kappa shape index (κ2) is 8.71. The zero-order valence-corrected chi connectivity index (χ0v) is 16.7. The monoisotopic (exact) mass is 416 g/mol. The zero-order chi connectivity index (χ0) is 20.2. The Labute approximate surface area is 174 Å². The van der Waals surface area contributed by atoms with Gasteiger partial charge >= 0.3 is 0 Å². The maximum absolute atomic E-state index is 12.8. The molecule has 1 fully saturated rings. The van der Waals surface area contributed by atoms with Crippen molar-refractivity contribution in [3.05, 3.63) is 53.6 Å². The van der Waals surface area contributed by atoms with Gasteiger partial charge in [0.1, 0.15) is 6.61 Å². The maximum Gasteiger partial charge on any atom is 0.279 e. The van der Waals surface area contributed by atoms with Crippen LogP contribution in [-0.4, -0.2) is 62.1 Å². The van der Waals surface area contributed by atoms with Crippen LogP contribution < -0.4 is 19.7 Å². The molecule has 2 aromatic rings. The highest BCUT2D eigenvalue weighted by molar-refractivity contribution is 6.33. The largest absolute Gasteiger partial charge is 0.485 e. The lowest BCUT2D eigenvalue weighted by molar-refractivity contribution is -0.895. The SMILES string of the molecule is O=C(C[NH+]1CCN(C(=O)[C@@H]2COc3ccccc3O2)CC1)Nc1ccccc1Cl. The van der Waals surface area contributed by atoms with E-state index in [-0.39, 0.29) is 18.4 Å². The molecule has 0 aliphatic carbocycles. The summed E-state index contributed by atoms with van der Waals surface area (Å²) < 4.78 is 11.5. The van der Waals surface area contributed by atoms with Crippen LogP contribution in [0.3, 0.4) is 0 Å². The van der Waals surface area contributed by atoms with E-state index in [1.54, 1.807) is 23.1 Å². The molecular weight excluding hydrogens is 394 g/mol. The van der Waals surface area contributed by atoms with E-state index in [1.165, 1.54) is 0 Å². The van der Waals surface area contributed by atoms with Crippen LogP contribution in [0.15, 0.2) is 48.5 Å². The number of benzene rings is 2. The van der Waals surface area contributed by atoms with Crippen molar-refractivity contribution in [3.63, 3.8) is 0 Å². The second-order valence-electron chi connectivity index (χ2n) is 7.14. The standard InChI is InChI=1S/C21H22ClN3O4/c22-15-5-1-2-6-16(15)23-20(26)13-24-9-11-25(12-10-24)21(27)19-14-28-17-7-3-4-8-18(17)29-19/h1-8,19H,9-14H2,(H,23,26)/p+1/t19-/m0/s1.